The molecule has 0 N–H and O–H groups in total. The normalized spacial score (nSPS) is 10.5. The van der Waals surface area contributed by atoms with Crippen molar-refractivity contribution in [3.63, 3.8) is 0 Å². The Bertz CT molecular complexity index is 710. The van der Waals surface area contributed by atoms with Gasteiger partial charge in [0.25, 0.3) is 5.69 Å². The van der Waals surface area contributed by atoms with Crippen LogP contribution in [0, 0.1) is 10.1 Å². The average molecular weight is 456 g/mol. The molecule has 2 aromatic carbocycles. The minimum absolute atomic E-state index is 0.0176. The third kappa shape index (κ3) is 3.88. The molecule has 0 saturated carbocycles. The van der Waals surface area contributed by atoms with E-state index < -0.39 is 4.92 Å². The lowest BCUT2D eigenvalue weighted by molar-refractivity contribution is -0.385. The van der Waals surface area contributed by atoms with Crippen molar-refractivity contribution in [2.75, 3.05) is 0 Å². The second-order valence-corrected chi connectivity index (χ2v) is 6.45. The van der Waals surface area contributed by atoms with E-state index in [2.05, 4.69) is 31.9 Å². The van der Waals surface area contributed by atoms with Crippen LogP contribution in [0.25, 0.3) is 0 Å². The Balaban J connectivity index is 2.23. The standard InChI is InChI=1S/C13H7Br2Cl2NO3/c14-8-4-10(17)12(5-9(8)16)21-6-7-2-1-3-11(13(7)15)18(19)20/h1-5H,6H2. The van der Waals surface area contributed by atoms with Gasteiger partial charge in [-0.1, -0.05) is 35.3 Å². The second kappa shape index (κ2) is 6.96. The van der Waals surface area contributed by atoms with E-state index in [1.807, 2.05) is 0 Å². The van der Waals surface area contributed by atoms with Crippen LogP contribution in [0.5, 0.6) is 5.75 Å². The predicted molar refractivity (Wildman–Crippen MR) is 89.3 cm³/mol. The number of hydrogen-bond acceptors (Lipinski definition) is 3. The lowest BCUT2D eigenvalue weighted by Gasteiger charge is -2.10. The first-order valence-corrected chi connectivity index (χ1v) is 7.93. The van der Waals surface area contributed by atoms with E-state index in [-0.39, 0.29) is 12.3 Å². The van der Waals surface area contributed by atoms with Gasteiger partial charge in [0.2, 0.25) is 0 Å². The number of nitro groups is 1. The van der Waals surface area contributed by atoms with Crippen molar-refractivity contribution in [1.29, 1.82) is 0 Å². The molecule has 8 heteroatoms. The lowest BCUT2D eigenvalue weighted by atomic mass is 10.2. The van der Waals surface area contributed by atoms with E-state index in [0.717, 1.165) is 0 Å². The smallest absolute Gasteiger partial charge is 0.283 e. The summed E-state index contributed by atoms with van der Waals surface area (Å²) in [7, 11) is 0. The van der Waals surface area contributed by atoms with Gasteiger partial charge in [-0.05, 0) is 37.9 Å². The molecule has 0 amide bonds. The van der Waals surface area contributed by atoms with Crippen LogP contribution in [0.3, 0.4) is 0 Å². The average Bonchev–Trinajstić information content (AvgIpc) is 2.42. The van der Waals surface area contributed by atoms with Crippen molar-refractivity contribution in [1.82, 2.24) is 0 Å². The molecule has 0 spiro atoms. The molecule has 110 valence electrons. The van der Waals surface area contributed by atoms with Gasteiger partial charge in [-0.15, -0.1) is 0 Å². The van der Waals surface area contributed by atoms with Gasteiger partial charge in [0.05, 0.1) is 15.0 Å². The van der Waals surface area contributed by atoms with Gasteiger partial charge >= 0.3 is 0 Å². The number of hydrogen-bond donors (Lipinski definition) is 0. The Morgan fingerprint density at radius 1 is 1.19 bits per heavy atom. The summed E-state index contributed by atoms with van der Waals surface area (Å²) in [6.45, 7) is 0.125. The van der Waals surface area contributed by atoms with Crippen LogP contribution < -0.4 is 4.74 Å². The molecule has 0 radical (unpaired) electrons. The van der Waals surface area contributed by atoms with Gasteiger partial charge in [-0.25, -0.2) is 0 Å². The van der Waals surface area contributed by atoms with E-state index in [0.29, 0.717) is 30.3 Å². The van der Waals surface area contributed by atoms with Crippen molar-refractivity contribution in [2.24, 2.45) is 0 Å². The quantitative estimate of drug-likeness (QED) is 0.322. The largest absolute Gasteiger partial charge is 0.487 e. The van der Waals surface area contributed by atoms with Gasteiger partial charge in [-0.3, -0.25) is 10.1 Å². The van der Waals surface area contributed by atoms with E-state index in [1.165, 1.54) is 6.07 Å². The van der Waals surface area contributed by atoms with Gasteiger partial charge < -0.3 is 4.74 Å². The molecule has 0 heterocycles. The Kier molecular flexibility index (Phi) is 5.48. The highest BCUT2D eigenvalue weighted by Crippen LogP contribution is 2.35. The third-order valence-corrected chi connectivity index (χ3v) is 5.02. The van der Waals surface area contributed by atoms with Crippen molar-refractivity contribution < 1.29 is 9.66 Å². The van der Waals surface area contributed by atoms with Crippen LogP contribution in [-0.2, 0) is 6.61 Å². The molecule has 0 unspecified atom stereocenters. The lowest BCUT2D eigenvalue weighted by Crippen LogP contribution is -1.99. The van der Waals surface area contributed by atoms with Crippen molar-refractivity contribution in [3.8, 4) is 5.75 Å². The summed E-state index contributed by atoms with van der Waals surface area (Å²) in [5, 5.41) is 11.7. The summed E-state index contributed by atoms with van der Waals surface area (Å²) in [6.07, 6.45) is 0. The minimum Gasteiger partial charge on any atom is -0.487 e. The Labute approximate surface area is 147 Å². The number of nitrogens with zero attached hydrogens (tertiary/aromatic N) is 1. The van der Waals surface area contributed by atoms with Crippen LogP contribution in [0.15, 0.2) is 39.3 Å². The molecule has 0 saturated heterocycles. The number of nitro benzene ring substituents is 1. The molecule has 0 fully saturated rings. The van der Waals surface area contributed by atoms with Crippen molar-refractivity contribution in [2.45, 2.75) is 6.61 Å². The number of rotatable bonds is 4. The van der Waals surface area contributed by atoms with Gasteiger partial charge in [0, 0.05) is 22.2 Å². The molecule has 0 bridgehead atoms. The fraction of sp³-hybridized carbons (Fsp3) is 0.0769. The topological polar surface area (TPSA) is 52.4 Å². The van der Waals surface area contributed by atoms with E-state index in [9.17, 15) is 10.1 Å². The number of halogens is 4. The summed E-state index contributed by atoms with van der Waals surface area (Å²) in [5.41, 5.74) is 0.621. The molecule has 21 heavy (non-hydrogen) atoms. The van der Waals surface area contributed by atoms with E-state index in [1.54, 1.807) is 24.3 Å². The SMILES string of the molecule is O=[N+]([O-])c1cccc(COc2cc(Cl)c(Br)cc2Cl)c1Br. The van der Waals surface area contributed by atoms with Crippen LogP contribution in [-0.4, -0.2) is 4.92 Å². The monoisotopic (exact) mass is 453 g/mol. The minimum atomic E-state index is -0.461. The van der Waals surface area contributed by atoms with Crippen LogP contribution >= 0.6 is 55.1 Å². The van der Waals surface area contributed by atoms with Gasteiger partial charge in [0.15, 0.2) is 0 Å². The highest BCUT2D eigenvalue weighted by molar-refractivity contribution is 9.11. The molecule has 4 nitrogen and oxygen atoms in total. The van der Waals surface area contributed by atoms with E-state index >= 15 is 0 Å². The maximum absolute atomic E-state index is 10.9. The highest BCUT2D eigenvalue weighted by atomic mass is 79.9. The molecule has 0 aromatic heterocycles. The molecule has 2 rings (SSSR count). The summed E-state index contributed by atoms with van der Waals surface area (Å²) >= 11 is 18.5. The molecular formula is C13H7Br2Cl2NO3. The summed E-state index contributed by atoms with van der Waals surface area (Å²) < 4.78 is 6.63. The fourth-order valence-electron chi connectivity index (χ4n) is 1.59. The maximum atomic E-state index is 10.9. The molecule has 0 aliphatic heterocycles. The van der Waals surface area contributed by atoms with Crippen molar-refractivity contribution in [3.05, 3.63) is 65.0 Å². The molecule has 2 aromatic rings. The maximum Gasteiger partial charge on any atom is 0.283 e. The Morgan fingerprint density at radius 3 is 2.57 bits per heavy atom. The van der Waals surface area contributed by atoms with Crippen LogP contribution in [0.1, 0.15) is 5.56 Å². The van der Waals surface area contributed by atoms with Gasteiger partial charge in [0.1, 0.15) is 16.8 Å². The second-order valence-electron chi connectivity index (χ2n) is 3.99. The highest BCUT2D eigenvalue weighted by Gasteiger charge is 2.15. The molecule has 0 aliphatic rings. The fourth-order valence-corrected chi connectivity index (χ4v) is 2.96. The molecular weight excluding hydrogens is 449 g/mol. The first kappa shape index (κ1) is 16.5. The Morgan fingerprint density at radius 2 is 1.90 bits per heavy atom. The third-order valence-electron chi connectivity index (χ3n) is 2.61. The summed E-state index contributed by atoms with van der Waals surface area (Å²) in [4.78, 5) is 10.4. The van der Waals surface area contributed by atoms with Crippen LogP contribution in [0.2, 0.25) is 10.0 Å². The van der Waals surface area contributed by atoms with Crippen LogP contribution in [0.4, 0.5) is 5.69 Å². The summed E-state index contributed by atoms with van der Waals surface area (Å²) in [6, 6.07) is 7.95. The van der Waals surface area contributed by atoms with E-state index in [4.69, 9.17) is 27.9 Å². The van der Waals surface area contributed by atoms with Crippen molar-refractivity contribution >= 4 is 60.7 Å². The predicted octanol–water partition coefficient (Wildman–Crippen LogP) is 6.01. The first-order chi connectivity index (χ1) is 9.90. The zero-order valence-electron chi connectivity index (χ0n) is 10.3. The van der Waals surface area contributed by atoms with Gasteiger partial charge in [-0.2, -0.15) is 0 Å². The zero-order chi connectivity index (χ0) is 15.6. The summed E-state index contributed by atoms with van der Waals surface area (Å²) in [5.74, 6) is 0.406. The zero-order valence-corrected chi connectivity index (χ0v) is 15.0. The molecule has 0 aliphatic carbocycles. The first-order valence-electron chi connectivity index (χ1n) is 5.59. The number of ether oxygens (including phenoxy) is 1. The molecule has 0 atom stereocenters. The Hall–Kier alpha value is -0.820. The number of benzene rings is 2.